The van der Waals surface area contributed by atoms with Crippen molar-refractivity contribution in [2.75, 3.05) is 5.32 Å². The number of furan rings is 1. The molecule has 8 heteroatoms. The summed E-state index contributed by atoms with van der Waals surface area (Å²) in [5, 5.41) is 12.8. The molecule has 0 aliphatic heterocycles. The summed E-state index contributed by atoms with van der Waals surface area (Å²) in [6.07, 6.45) is 3.41. The molecule has 0 saturated heterocycles. The van der Waals surface area contributed by atoms with Gasteiger partial charge in [0.25, 0.3) is 0 Å². The molecule has 0 unspecified atom stereocenters. The van der Waals surface area contributed by atoms with E-state index in [0.717, 1.165) is 21.0 Å². The van der Waals surface area contributed by atoms with Crippen molar-refractivity contribution in [1.29, 1.82) is 0 Å². The fourth-order valence-electron chi connectivity index (χ4n) is 2.60. The maximum absolute atomic E-state index is 12.8. The molecule has 132 valence electrons. The van der Waals surface area contributed by atoms with Gasteiger partial charge in [-0.15, -0.1) is 10.2 Å². The minimum atomic E-state index is -0.250. The molecule has 0 fully saturated rings. The smallest absolute Gasteiger partial charge is 0.206 e. The molecule has 0 aliphatic rings. The second kappa shape index (κ2) is 7.35. The van der Waals surface area contributed by atoms with E-state index in [0.29, 0.717) is 17.2 Å². The van der Waals surface area contributed by atoms with E-state index in [2.05, 4.69) is 20.5 Å². The van der Waals surface area contributed by atoms with Crippen LogP contribution in [-0.4, -0.2) is 26.2 Å². The third-order valence-corrected chi connectivity index (χ3v) is 5.97. The predicted octanol–water partition coefficient (Wildman–Crippen LogP) is 4.59. The highest BCUT2D eigenvalue weighted by atomic mass is 32.2. The molecule has 0 radical (unpaired) electrons. The number of carbonyl (C=O) groups is 1. The maximum atomic E-state index is 12.8. The Morgan fingerprint density at radius 2 is 2.19 bits per heavy atom. The third kappa shape index (κ3) is 3.51. The summed E-state index contributed by atoms with van der Waals surface area (Å²) in [5.41, 5.74) is 1.68. The van der Waals surface area contributed by atoms with E-state index in [1.165, 1.54) is 23.1 Å². The number of fused-ring (bicyclic) bond motifs is 1. The lowest BCUT2D eigenvalue weighted by Crippen LogP contribution is -2.12. The Kier molecular flexibility index (Phi) is 4.77. The number of Topliss-reactive ketones (excluding diaryl/α,β-unsaturated/α-hetero) is 1. The van der Waals surface area contributed by atoms with Gasteiger partial charge in [0.05, 0.1) is 18.1 Å². The molecule has 1 atom stereocenters. The number of aromatic nitrogens is 3. The van der Waals surface area contributed by atoms with E-state index in [9.17, 15) is 4.79 Å². The van der Waals surface area contributed by atoms with Crippen molar-refractivity contribution in [3.05, 3.63) is 60.2 Å². The van der Waals surface area contributed by atoms with Gasteiger partial charge in [0.2, 0.25) is 5.13 Å². The third-order valence-electron chi connectivity index (χ3n) is 3.90. The summed E-state index contributed by atoms with van der Waals surface area (Å²) in [6, 6.07) is 11.5. The molecule has 2 N–H and O–H groups in total. The van der Waals surface area contributed by atoms with Crippen LogP contribution in [0.4, 0.5) is 5.13 Å². The van der Waals surface area contributed by atoms with Crippen molar-refractivity contribution in [1.82, 2.24) is 15.2 Å². The Hall–Kier alpha value is -2.58. The lowest BCUT2D eigenvalue weighted by molar-refractivity contribution is 0.0995. The van der Waals surface area contributed by atoms with E-state index in [1.807, 2.05) is 43.3 Å². The fourth-order valence-corrected chi connectivity index (χ4v) is 4.56. The molecular weight excluding hydrogens is 368 g/mol. The molecule has 4 rings (SSSR count). The lowest BCUT2D eigenvalue weighted by atomic mass is 10.1. The van der Waals surface area contributed by atoms with Gasteiger partial charge >= 0.3 is 0 Å². The number of nitrogens with zero attached hydrogens (tertiary/aromatic N) is 2. The van der Waals surface area contributed by atoms with Crippen LogP contribution in [0, 0.1) is 0 Å². The number of hydrogen-bond donors (Lipinski definition) is 2. The number of benzene rings is 1. The first-order valence-electron chi connectivity index (χ1n) is 8.07. The van der Waals surface area contributed by atoms with Crippen LogP contribution in [0.15, 0.2) is 57.6 Å². The number of hydrogen-bond acceptors (Lipinski definition) is 7. The summed E-state index contributed by atoms with van der Waals surface area (Å²) in [6.45, 7) is 2.45. The zero-order chi connectivity index (χ0) is 17.9. The lowest BCUT2D eigenvalue weighted by Gasteiger charge is -2.06. The highest BCUT2D eigenvalue weighted by Gasteiger charge is 2.21. The molecule has 0 spiro atoms. The molecule has 0 aliphatic carbocycles. The van der Waals surface area contributed by atoms with Gasteiger partial charge in [0, 0.05) is 22.7 Å². The molecule has 3 aromatic heterocycles. The van der Waals surface area contributed by atoms with E-state index in [-0.39, 0.29) is 11.0 Å². The van der Waals surface area contributed by atoms with Gasteiger partial charge in [-0.1, -0.05) is 41.3 Å². The van der Waals surface area contributed by atoms with Crippen LogP contribution < -0.4 is 5.32 Å². The van der Waals surface area contributed by atoms with Crippen LogP contribution in [0.5, 0.6) is 0 Å². The van der Waals surface area contributed by atoms with Crippen molar-refractivity contribution >= 4 is 44.9 Å². The first kappa shape index (κ1) is 16.9. The van der Waals surface area contributed by atoms with Crippen LogP contribution >= 0.6 is 23.1 Å². The van der Waals surface area contributed by atoms with Crippen LogP contribution in [0.1, 0.15) is 23.0 Å². The molecular formula is C18H16N4O2S2. The maximum Gasteiger partial charge on any atom is 0.206 e. The van der Waals surface area contributed by atoms with E-state index >= 15 is 0 Å². The van der Waals surface area contributed by atoms with Crippen molar-refractivity contribution in [2.24, 2.45) is 0 Å². The average molecular weight is 384 g/mol. The highest BCUT2D eigenvalue weighted by molar-refractivity contribution is 8.02. The van der Waals surface area contributed by atoms with Gasteiger partial charge in [-0.3, -0.25) is 4.79 Å². The summed E-state index contributed by atoms with van der Waals surface area (Å²) >= 11 is 2.85. The van der Waals surface area contributed by atoms with Gasteiger partial charge in [-0.25, -0.2) is 0 Å². The Morgan fingerprint density at radius 3 is 3.04 bits per heavy atom. The molecule has 0 bridgehead atoms. The van der Waals surface area contributed by atoms with Gasteiger partial charge in [0.1, 0.15) is 5.76 Å². The van der Waals surface area contributed by atoms with Crippen molar-refractivity contribution < 1.29 is 9.21 Å². The number of nitrogens with one attached hydrogen (secondary N) is 2. The van der Waals surface area contributed by atoms with Gasteiger partial charge in [-0.05, 0) is 25.1 Å². The van der Waals surface area contributed by atoms with E-state index in [1.54, 1.807) is 12.5 Å². The fraction of sp³-hybridized carbons (Fsp3) is 0.167. The second-order valence-corrected chi connectivity index (χ2v) is 8.24. The minimum Gasteiger partial charge on any atom is -0.467 e. The average Bonchev–Trinajstić information content (AvgIpc) is 3.40. The van der Waals surface area contributed by atoms with Gasteiger partial charge in [-0.2, -0.15) is 0 Å². The Labute approximate surface area is 158 Å². The molecule has 0 saturated carbocycles. The van der Waals surface area contributed by atoms with E-state index < -0.39 is 0 Å². The predicted molar refractivity (Wildman–Crippen MR) is 104 cm³/mol. The van der Waals surface area contributed by atoms with Crippen LogP contribution in [0.3, 0.4) is 0 Å². The number of aromatic amines is 1. The molecule has 26 heavy (non-hydrogen) atoms. The number of carbonyl (C=O) groups excluding carboxylic acids is 1. The SMILES string of the molecule is C[C@@H](Sc1nnc(NCc2ccco2)s1)C(=O)c1c[nH]c2ccccc12. The summed E-state index contributed by atoms with van der Waals surface area (Å²) in [7, 11) is 0. The first-order valence-corrected chi connectivity index (χ1v) is 9.77. The minimum absolute atomic E-state index is 0.0766. The van der Waals surface area contributed by atoms with Crippen molar-refractivity contribution in [3.63, 3.8) is 0 Å². The molecule has 3 heterocycles. The second-order valence-electron chi connectivity index (χ2n) is 5.68. The molecule has 4 aromatic rings. The van der Waals surface area contributed by atoms with Crippen LogP contribution in [-0.2, 0) is 6.54 Å². The van der Waals surface area contributed by atoms with Crippen LogP contribution in [0.25, 0.3) is 10.9 Å². The largest absolute Gasteiger partial charge is 0.467 e. The first-order chi connectivity index (χ1) is 12.7. The van der Waals surface area contributed by atoms with Crippen molar-refractivity contribution in [2.45, 2.75) is 23.1 Å². The normalized spacial score (nSPS) is 12.3. The Bertz CT molecular complexity index is 1020. The summed E-state index contributed by atoms with van der Waals surface area (Å²) in [5.74, 6) is 0.907. The number of rotatable bonds is 7. The number of thioether (sulfide) groups is 1. The number of anilines is 1. The molecule has 6 nitrogen and oxygen atoms in total. The molecule has 0 amide bonds. The van der Waals surface area contributed by atoms with E-state index in [4.69, 9.17) is 4.42 Å². The Balaban J connectivity index is 1.41. The quantitative estimate of drug-likeness (QED) is 0.358. The zero-order valence-corrected chi connectivity index (χ0v) is 15.6. The number of para-hydroxylation sites is 1. The number of H-pyrrole nitrogens is 1. The summed E-state index contributed by atoms with van der Waals surface area (Å²) < 4.78 is 6.03. The van der Waals surface area contributed by atoms with Crippen LogP contribution in [0.2, 0.25) is 0 Å². The van der Waals surface area contributed by atoms with Gasteiger partial charge in [0.15, 0.2) is 10.1 Å². The Morgan fingerprint density at radius 1 is 1.31 bits per heavy atom. The summed E-state index contributed by atoms with van der Waals surface area (Å²) in [4.78, 5) is 15.9. The van der Waals surface area contributed by atoms with Gasteiger partial charge < -0.3 is 14.7 Å². The van der Waals surface area contributed by atoms with Crippen molar-refractivity contribution in [3.8, 4) is 0 Å². The monoisotopic (exact) mass is 384 g/mol. The standard InChI is InChI=1S/C18H16N4O2S2/c1-11(16(23)14-10-19-15-7-3-2-6-13(14)15)25-18-22-21-17(26-18)20-9-12-5-4-8-24-12/h2-8,10-11,19H,9H2,1H3,(H,20,21)/t11-/m1/s1. The highest BCUT2D eigenvalue weighted by Crippen LogP contribution is 2.31. The number of ketones is 1. The zero-order valence-electron chi connectivity index (χ0n) is 13.9. The molecule has 1 aromatic carbocycles. The topological polar surface area (TPSA) is 83.8 Å².